The number of hydrogen-bond donors (Lipinski definition) is 1. The van der Waals surface area contributed by atoms with Crippen LogP contribution in [0, 0.1) is 10.1 Å². The maximum atomic E-state index is 12.5. The number of nitrogens with zero attached hydrogens (tertiary/aromatic N) is 1. The summed E-state index contributed by atoms with van der Waals surface area (Å²) in [5.74, 6) is -1.21. The van der Waals surface area contributed by atoms with Crippen LogP contribution in [-0.4, -0.2) is 28.3 Å². The maximum absolute atomic E-state index is 12.5. The number of aromatic amines is 1. The van der Waals surface area contributed by atoms with E-state index in [2.05, 4.69) is 4.98 Å². The molecule has 1 N–H and O–H groups in total. The van der Waals surface area contributed by atoms with Crippen molar-refractivity contribution in [3.63, 3.8) is 0 Å². The molecule has 7 nitrogen and oxygen atoms in total. The predicted molar refractivity (Wildman–Crippen MR) is 100 cm³/mol. The second kappa shape index (κ2) is 7.59. The number of ether oxygens (including phenoxy) is 1. The number of fused-ring (bicyclic) bond motifs is 1. The lowest BCUT2D eigenvalue weighted by Crippen LogP contribution is -2.14. The van der Waals surface area contributed by atoms with Gasteiger partial charge in [-0.15, -0.1) is 0 Å². The maximum Gasteiger partial charge on any atom is 0.338 e. The van der Waals surface area contributed by atoms with E-state index in [4.69, 9.17) is 16.3 Å². The summed E-state index contributed by atoms with van der Waals surface area (Å²) in [5, 5.41) is 11.6. The van der Waals surface area contributed by atoms with Gasteiger partial charge in [0.15, 0.2) is 6.61 Å². The molecule has 2 aromatic carbocycles. The summed E-state index contributed by atoms with van der Waals surface area (Å²) in [5.41, 5.74) is 1.93. The van der Waals surface area contributed by atoms with Crippen LogP contribution in [0.5, 0.6) is 0 Å². The van der Waals surface area contributed by atoms with Gasteiger partial charge in [-0.1, -0.05) is 36.7 Å². The van der Waals surface area contributed by atoms with E-state index in [1.165, 1.54) is 12.1 Å². The second-order valence-electron chi connectivity index (χ2n) is 5.82. The van der Waals surface area contributed by atoms with Crippen molar-refractivity contribution in [1.82, 2.24) is 4.98 Å². The second-order valence-corrected chi connectivity index (χ2v) is 6.23. The number of Topliss-reactive ketones (excluding diaryl/α,β-unsaturated/α-hetero) is 1. The van der Waals surface area contributed by atoms with E-state index in [9.17, 15) is 19.7 Å². The minimum absolute atomic E-state index is 0.0499. The van der Waals surface area contributed by atoms with Crippen molar-refractivity contribution in [2.45, 2.75) is 13.3 Å². The molecule has 0 spiro atoms. The van der Waals surface area contributed by atoms with Gasteiger partial charge in [0.05, 0.1) is 10.5 Å². The molecule has 0 fully saturated rings. The molecule has 0 aliphatic rings. The molecular formula is C19H15ClN2O5. The molecule has 0 amide bonds. The summed E-state index contributed by atoms with van der Waals surface area (Å²) in [6.07, 6.45) is 2.41. The number of carbonyl (C=O) groups excluding carboxylic acids is 2. The van der Waals surface area contributed by atoms with Gasteiger partial charge in [-0.3, -0.25) is 14.9 Å². The Morgan fingerprint density at radius 3 is 2.74 bits per heavy atom. The molecule has 0 bridgehead atoms. The lowest BCUT2D eigenvalue weighted by molar-refractivity contribution is -0.384. The zero-order chi connectivity index (χ0) is 19.6. The molecule has 1 heterocycles. The SMILES string of the molecule is CCc1cccc2c(C(=O)COC(=O)c3ccc(Cl)c([N+](=O)[O-])c3)c[nH]c12. The molecule has 0 unspecified atom stereocenters. The van der Waals surface area contributed by atoms with Gasteiger partial charge in [0.1, 0.15) is 5.02 Å². The van der Waals surface area contributed by atoms with Crippen LogP contribution in [-0.2, 0) is 11.2 Å². The third-order valence-corrected chi connectivity index (χ3v) is 4.52. The van der Waals surface area contributed by atoms with E-state index in [0.29, 0.717) is 5.56 Å². The van der Waals surface area contributed by atoms with Crippen molar-refractivity contribution < 1.29 is 19.2 Å². The van der Waals surface area contributed by atoms with Crippen molar-refractivity contribution in [3.8, 4) is 0 Å². The van der Waals surface area contributed by atoms with E-state index in [-0.39, 0.29) is 16.4 Å². The number of aryl methyl sites for hydroxylation is 1. The van der Waals surface area contributed by atoms with E-state index < -0.39 is 23.2 Å². The normalized spacial score (nSPS) is 10.7. The molecule has 0 saturated carbocycles. The molecule has 0 aliphatic heterocycles. The first-order valence-corrected chi connectivity index (χ1v) is 8.53. The minimum Gasteiger partial charge on any atom is -0.454 e. The Balaban J connectivity index is 1.75. The molecule has 0 atom stereocenters. The van der Waals surface area contributed by atoms with Gasteiger partial charge >= 0.3 is 5.97 Å². The van der Waals surface area contributed by atoms with Crippen LogP contribution in [0.15, 0.2) is 42.6 Å². The number of H-pyrrole nitrogens is 1. The fraction of sp³-hybridized carbons (Fsp3) is 0.158. The molecule has 0 radical (unpaired) electrons. The lowest BCUT2D eigenvalue weighted by Gasteiger charge is -2.05. The summed E-state index contributed by atoms with van der Waals surface area (Å²) < 4.78 is 5.03. The minimum atomic E-state index is -0.836. The summed E-state index contributed by atoms with van der Waals surface area (Å²) in [4.78, 5) is 37.9. The highest BCUT2D eigenvalue weighted by atomic mass is 35.5. The van der Waals surface area contributed by atoms with Crippen LogP contribution < -0.4 is 0 Å². The molecule has 8 heteroatoms. The number of nitro benzene ring substituents is 1. The Hall–Kier alpha value is -3.19. The third-order valence-electron chi connectivity index (χ3n) is 4.20. The highest BCUT2D eigenvalue weighted by Crippen LogP contribution is 2.26. The molecule has 3 rings (SSSR count). The fourth-order valence-corrected chi connectivity index (χ4v) is 3.00. The van der Waals surface area contributed by atoms with Crippen molar-refractivity contribution in [3.05, 3.63) is 74.4 Å². The highest BCUT2D eigenvalue weighted by Gasteiger charge is 2.19. The number of hydrogen-bond acceptors (Lipinski definition) is 5. The van der Waals surface area contributed by atoms with Crippen LogP contribution in [0.4, 0.5) is 5.69 Å². The number of carbonyl (C=O) groups is 2. The van der Waals surface area contributed by atoms with Crippen LogP contribution in [0.2, 0.25) is 5.02 Å². The largest absolute Gasteiger partial charge is 0.454 e. The Bertz CT molecular complexity index is 1060. The molecule has 0 aliphatic carbocycles. The van der Waals surface area contributed by atoms with Crippen molar-refractivity contribution in [1.29, 1.82) is 0 Å². The number of para-hydroxylation sites is 1. The molecule has 1 aromatic heterocycles. The average molecular weight is 387 g/mol. The Kier molecular flexibility index (Phi) is 5.23. The summed E-state index contributed by atoms with van der Waals surface area (Å²) >= 11 is 5.72. The third kappa shape index (κ3) is 3.68. The van der Waals surface area contributed by atoms with E-state index in [0.717, 1.165) is 29.0 Å². The van der Waals surface area contributed by atoms with Crippen molar-refractivity contribution >= 4 is 39.9 Å². The van der Waals surface area contributed by atoms with E-state index >= 15 is 0 Å². The van der Waals surface area contributed by atoms with Gasteiger partial charge in [0.25, 0.3) is 5.69 Å². The summed E-state index contributed by atoms with van der Waals surface area (Å²) in [6, 6.07) is 9.23. The first-order chi connectivity index (χ1) is 12.9. The van der Waals surface area contributed by atoms with E-state index in [1.54, 1.807) is 6.20 Å². The van der Waals surface area contributed by atoms with Gasteiger partial charge in [0.2, 0.25) is 5.78 Å². The van der Waals surface area contributed by atoms with Crippen molar-refractivity contribution in [2.24, 2.45) is 0 Å². The first-order valence-electron chi connectivity index (χ1n) is 8.15. The lowest BCUT2D eigenvalue weighted by atomic mass is 10.1. The quantitative estimate of drug-likeness (QED) is 0.294. The molecule has 138 valence electrons. The smallest absolute Gasteiger partial charge is 0.338 e. The summed E-state index contributed by atoms with van der Waals surface area (Å²) in [6.45, 7) is 1.54. The van der Waals surface area contributed by atoms with Crippen LogP contribution >= 0.6 is 11.6 Å². The molecule has 3 aromatic rings. The van der Waals surface area contributed by atoms with E-state index in [1.807, 2.05) is 25.1 Å². The predicted octanol–water partition coefficient (Wildman–Crippen LogP) is 4.33. The number of nitrogens with one attached hydrogen (secondary N) is 1. The molecule has 27 heavy (non-hydrogen) atoms. The zero-order valence-corrected chi connectivity index (χ0v) is 15.1. The van der Waals surface area contributed by atoms with Crippen LogP contribution in [0.3, 0.4) is 0 Å². The standard InChI is InChI=1S/C19H15ClN2O5/c1-2-11-4-3-5-13-14(9-21-18(11)13)17(23)10-27-19(24)12-6-7-15(20)16(8-12)22(25)26/h3-9,21H,2,10H2,1H3. The fourth-order valence-electron chi connectivity index (χ4n) is 2.81. The Labute approximate surface area is 159 Å². The van der Waals surface area contributed by atoms with Crippen LogP contribution in [0.25, 0.3) is 10.9 Å². The molecular weight excluding hydrogens is 372 g/mol. The zero-order valence-electron chi connectivity index (χ0n) is 14.3. The van der Waals surface area contributed by atoms with Gasteiger partial charge in [-0.05, 0) is 24.1 Å². The van der Waals surface area contributed by atoms with Gasteiger partial charge < -0.3 is 9.72 Å². The number of rotatable bonds is 6. The number of aromatic nitrogens is 1. The topological polar surface area (TPSA) is 102 Å². The number of ketones is 1. The molecule has 0 saturated heterocycles. The average Bonchev–Trinajstić information content (AvgIpc) is 3.10. The Morgan fingerprint density at radius 2 is 2.04 bits per heavy atom. The van der Waals surface area contributed by atoms with Gasteiger partial charge in [0, 0.05) is 28.7 Å². The number of benzene rings is 2. The number of esters is 1. The number of nitro groups is 1. The highest BCUT2D eigenvalue weighted by molar-refractivity contribution is 6.32. The first kappa shape index (κ1) is 18.6. The number of halogens is 1. The van der Waals surface area contributed by atoms with Crippen LogP contribution in [0.1, 0.15) is 33.2 Å². The Morgan fingerprint density at radius 1 is 1.26 bits per heavy atom. The summed E-state index contributed by atoms with van der Waals surface area (Å²) in [7, 11) is 0. The van der Waals surface area contributed by atoms with Crippen molar-refractivity contribution in [2.75, 3.05) is 6.61 Å². The van der Waals surface area contributed by atoms with Gasteiger partial charge in [-0.2, -0.15) is 0 Å². The van der Waals surface area contributed by atoms with Gasteiger partial charge in [-0.25, -0.2) is 4.79 Å². The monoisotopic (exact) mass is 386 g/mol.